The minimum absolute atomic E-state index is 0.472. The summed E-state index contributed by atoms with van der Waals surface area (Å²) in [6.07, 6.45) is 1.47. The van der Waals surface area contributed by atoms with Gasteiger partial charge in [-0.3, -0.25) is 0 Å². The van der Waals surface area contributed by atoms with Crippen molar-refractivity contribution < 1.29 is 4.74 Å². The molecule has 0 saturated heterocycles. The highest BCUT2D eigenvalue weighted by molar-refractivity contribution is 7.17. The average molecular weight is 272 g/mol. The molecule has 0 atom stereocenters. The minimum atomic E-state index is 0.472. The van der Waals surface area contributed by atoms with Crippen LogP contribution in [0, 0.1) is 0 Å². The normalized spacial score (nSPS) is 10.8. The molecule has 0 saturated carbocycles. The fraction of sp³-hybridized carbons (Fsp3) is 0.0769. The number of hydrogen-bond acceptors (Lipinski definition) is 6. The lowest BCUT2D eigenvalue weighted by Crippen LogP contribution is -1.94. The number of aromatic nitrogens is 2. The predicted molar refractivity (Wildman–Crippen MR) is 78.2 cm³/mol. The van der Waals surface area contributed by atoms with E-state index in [1.165, 1.54) is 17.7 Å². The van der Waals surface area contributed by atoms with Crippen LogP contribution in [0.3, 0.4) is 0 Å². The predicted octanol–water partition coefficient (Wildman–Crippen LogP) is 2.53. The molecule has 5 nitrogen and oxygen atoms in total. The van der Waals surface area contributed by atoms with Gasteiger partial charge < -0.3 is 16.2 Å². The Kier molecular flexibility index (Phi) is 2.72. The van der Waals surface area contributed by atoms with Gasteiger partial charge in [-0.1, -0.05) is 0 Å². The van der Waals surface area contributed by atoms with Crippen LogP contribution < -0.4 is 16.2 Å². The molecule has 3 rings (SSSR count). The molecule has 1 aromatic carbocycles. The van der Waals surface area contributed by atoms with Crippen molar-refractivity contribution in [3.05, 3.63) is 29.9 Å². The summed E-state index contributed by atoms with van der Waals surface area (Å²) in [5, 5.41) is 2.86. The Hall–Kier alpha value is -2.34. The molecule has 0 aliphatic heterocycles. The third-order valence-electron chi connectivity index (χ3n) is 2.92. The standard InChI is InChI=1S/C13H12N4OS/c1-18-10-4-7(14)2-3-8(10)9-5-19-13-11(9)12(15)16-6-17-13/h2-6H,14H2,1H3,(H2,15,16,17). The molecule has 2 heterocycles. The van der Waals surface area contributed by atoms with E-state index >= 15 is 0 Å². The number of nitrogens with zero attached hydrogens (tertiary/aromatic N) is 2. The van der Waals surface area contributed by atoms with Gasteiger partial charge in [0, 0.05) is 28.3 Å². The number of anilines is 2. The van der Waals surface area contributed by atoms with Crippen LogP contribution >= 0.6 is 11.3 Å². The maximum absolute atomic E-state index is 5.95. The van der Waals surface area contributed by atoms with E-state index in [2.05, 4.69) is 9.97 Å². The molecule has 6 heteroatoms. The Morgan fingerprint density at radius 3 is 2.79 bits per heavy atom. The summed E-state index contributed by atoms with van der Waals surface area (Å²) < 4.78 is 5.38. The lowest BCUT2D eigenvalue weighted by molar-refractivity contribution is 0.417. The molecule has 4 N–H and O–H groups in total. The first-order chi connectivity index (χ1) is 9.20. The summed E-state index contributed by atoms with van der Waals surface area (Å²) in [7, 11) is 1.62. The van der Waals surface area contributed by atoms with E-state index in [-0.39, 0.29) is 0 Å². The van der Waals surface area contributed by atoms with Gasteiger partial charge >= 0.3 is 0 Å². The van der Waals surface area contributed by atoms with Crippen molar-refractivity contribution in [3.63, 3.8) is 0 Å². The van der Waals surface area contributed by atoms with Gasteiger partial charge in [0.05, 0.1) is 12.5 Å². The third kappa shape index (κ3) is 1.86. The number of nitrogens with two attached hydrogens (primary N) is 2. The zero-order valence-corrected chi connectivity index (χ0v) is 11.1. The first-order valence-electron chi connectivity index (χ1n) is 5.62. The van der Waals surface area contributed by atoms with Gasteiger partial charge in [0.2, 0.25) is 0 Å². The van der Waals surface area contributed by atoms with Crippen LogP contribution in [0.1, 0.15) is 0 Å². The highest BCUT2D eigenvalue weighted by atomic mass is 32.1. The number of rotatable bonds is 2. The molecule has 96 valence electrons. The number of fused-ring (bicyclic) bond motifs is 1. The molecular formula is C13H12N4OS. The third-order valence-corrected chi connectivity index (χ3v) is 3.80. The quantitative estimate of drug-likeness (QED) is 0.700. The molecule has 3 aromatic rings. The van der Waals surface area contributed by atoms with Crippen molar-refractivity contribution in [1.82, 2.24) is 9.97 Å². The second kappa shape index (κ2) is 4.40. The van der Waals surface area contributed by atoms with E-state index in [1.54, 1.807) is 13.2 Å². The number of benzene rings is 1. The largest absolute Gasteiger partial charge is 0.496 e. The van der Waals surface area contributed by atoms with Crippen LogP contribution in [0.4, 0.5) is 11.5 Å². The van der Waals surface area contributed by atoms with Gasteiger partial charge in [0.25, 0.3) is 0 Å². The molecule has 0 amide bonds. The minimum Gasteiger partial charge on any atom is -0.496 e. The Morgan fingerprint density at radius 2 is 2.00 bits per heavy atom. The number of thiophene rings is 1. The van der Waals surface area contributed by atoms with Crippen molar-refractivity contribution in [2.75, 3.05) is 18.6 Å². The Morgan fingerprint density at radius 1 is 1.16 bits per heavy atom. The molecule has 0 spiro atoms. The maximum atomic E-state index is 5.95. The molecule has 0 fully saturated rings. The first-order valence-corrected chi connectivity index (χ1v) is 6.50. The van der Waals surface area contributed by atoms with Crippen LogP contribution in [0.5, 0.6) is 5.75 Å². The van der Waals surface area contributed by atoms with Crippen LogP contribution in [0.15, 0.2) is 29.9 Å². The molecule has 0 unspecified atom stereocenters. The highest BCUT2D eigenvalue weighted by Gasteiger charge is 2.14. The second-order valence-corrected chi connectivity index (χ2v) is 4.91. The van der Waals surface area contributed by atoms with Crippen LogP contribution in [-0.2, 0) is 0 Å². The zero-order valence-electron chi connectivity index (χ0n) is 10.3. The van der Waals surface area contributed by atoms with Crippen molar-refractivity contribution in [2.45, 2.75) is 0 Å². The second-order valence-electron chi connectivity index (χ2n) is 4.05. The highest BCUT2D eigenvalue weighted by Crippen LogP contribution is 2.40. The molecule has 0 aliphatic carbocycles. The summed E-state index contributed by atoms with van der Waals surface area (Å²) in [5.41, 5.74) is 14.3. The van der Waals surface area contributed by atoms with Gasteiger partial charge in [-0.2, -0.15) is 0 Å². The van der Waals surface area contributed by atoms with Crippen molar-refractivity contribution >= 4 is 33.1 Å². The maximum Gasteiger partial charge on any atom is 0.136 e. The van der Waals surface area contributed by atoms with Gasteiger partial charge in [-0.05, 0) is 12.1 Å². The van der Waals surface area contributed by atoms with Crippen LogP contribution in [0.2, 0.25) is 0 Å². The monoisotopic (exact) mass is 272 g/mol. The summed E-state index contributed by atoms with van der Waals surface area (Å²) >= 11 is 1.53. The van der Waals surface area contributed by atoms with Crippen LogP contribution in [-0.4, -0.2) is 17.1 Å². The molecule has 19 heavy (non-hydrogen) atoms. The molecular weight excluding hydrogens is 260 g/mol. The molecule has 0 radical (unpaired) electrons. The smallest absolute Gasteiger partial charge is 0.136 e. The molecule has 2 aromatic heterocycles. The average Bonchev–Trinajstić information content (AvgIpc) is 2.84. The van der Waals surface area contributed by atoms with Gasteiger partial charge in [0.15, 0.2) is 0 Å². The SMILES string of the molecule is COc1cc(N)ccc1-c1csc2ncnc(N)c12. The Bertz CT molecular complexity index is 753. The lowest BCUT2D eigenvalue weighted by atomic mass is 10.0. The Labute approximate surface area is 113 Å². The summed E-state index contributed by atoms with van der Waals surface area (Å²) in [6.45, 7) is 0. The van der Waals surface area contributed by atoms with Crippen molar-refractivity contribution in [2.24, 2.45) is 0 Å². The van der Waals surface area contributed by atoms with E-state index < -0.39 is 0 Å². The van der Waals surface area contributed by atoms with E-state index in [0.717, 1.165) is 21.3 Å². The lowest BCUT2D eigenvalue weighted by Gasteiger charge is -2.09. The van der Waals surface area contributed by atoms with Crippen LogP contribution in [0.25, 0.3) is 21.3 Å². The molecule has 0 aliphatic rings. The van der Waals surface area contributed by atoms with Gasteiger partial charge in [0.1, 0.15) is 22.7 Å². The summed E-state index contributed by atoms with van der Waals surface area (Å²) in [6, 6.07) is 5.54. The van der Waals surface area contributed by atoms with E-state index in [0.29, 0.717) is 17.3 Å². The van der Waals surface area contributed by atoms with E-state index in [9.17, 15) is 0 Å². The summed E-state index contributed by atoms with van der Waals surface area (Å²) in [4.78, 5) is 9.13. The molecule has 0 bridgehead atoms. The number of methoxy groups -OCH3 is 1. The zero-order chi connectivity index (χ0) is 13.4. The van der Waals surface area contributed by atoms with E-state index in [1.807, 2.05) is 17.5 Å². The summed E-state index contributed by atoms with van der Waals surface area (Å²) in [5.74, 6) is 1.18. The van der Waals surface area contributed by atoms with Crippen molar-refractivity contribution in [1.29, 1.82) is 0 Å². The fourth-order valence-corrected chi connectivity index (χ4v) is 2.94. The number of ether oxygens (including phenoxy) is 1. The van der Waals surface area contributed by atoms with Gasteiger partial charge in [-0.25, -0.2) is 9.97 Å². The van der Waals surface area contributed by atoms with Gasteiger partial charge in [-0.15, -0.1) is 11.3 Å². The number of nitrogen functional groups attached to an aromatic ring is 2. The van der Waals surface area contributed by atoms with Crippen molar-refractivity contribution in [3.8, 4) is 16.9 Å². The Balaban J connectivity index is 2.31. The number of hydrogen-bond donors (Lipinski definition) is 2. The topological polar surface area (TPSA) is 87.0 Å². The first kappa shape index (κ1) is 11.7. The fourth-order valence-electron chi connectivity index (χ4n) is 2.03. The van der Waals surface area contributed by atoms with E-state index in [4.69, 9.17) is 16.2 Å².